The maximum absolute atomic E-state index is 13.3. The van der Waals surface area contributed by atoms with Crippen LogP contribution in [0.3, 0.4) is 0 Å². The van der Waals surface area contributed by atoms with E-state index in [0.717, 1.165) is 11.3 Å². The first kappa shape index (κ1) is 25.5. The quantitative estimate of drug-likeness (QED) is 0.290. The van der Waals surface area contributed by atoms with Crippen LogP contribution in [0.1, 0.15) is 42.1 Å². The highest BCUT2D eigenvalue weighted by Crippen LogP contribution is 2.39. The molecular formula is C30H32FNO4. The molecule has 0 saturated heterocycles. The van der Waals surface area contributed by atoms with E-state index < -0.39 is 5.60 Å². The summed E-state index contributed by atoms with van der Waals surface area (Å²) in [7, 11) is 3.21. The van der Waals surface area contributed by atoms with E-state index in [1.54, 1.807) is 26.4 Å². The van der Waals surface area contributed by atoms with Gasteiger partial charge in [-0.05, 0) is 79.1 Å². The van der Waals surface area contributed by atoms with Crippen molar-refractivity contribution in [1.82, 2.24) is 4.90 Å². The van der Waals surface area contributed by atoms with Crippen molar-refractivity contribution in [2.45, 2.75) is 38.6 Å². The standard InChI is InChI=1S/C30H32FNO4/c1-21(2)32(19-22-5-11-25(31)12-6-22)20-28-17-18-29(36-28)30(33,23-7-13-26(34-3)14-8-23)24-9-15-27(35-4)16-10-24/h5-18,21,33H,19-20H2,1-4H3. The first-order valence-corrected chi connectivity index (χ1v) is 11.9. The molecule has 0 aliphatic rings. The third-order valence-electron chi connectivity index (χ3n) is 6.42. The summed E-state index contributed by atoms with van der Waals surface area (Å²) in [6, 6.07) is 25.1. The van der Waals surface area contributed by atoms with E-state index in [2.05, 4.69) is 18.7 Å². The summed E-state index contributed by atoms with van der Waals surface area (Å²) >= 11 is 0. The molecule has 0 amide bonds. The average Bonchev–Trinajstić information content (AvgIpc) is 3.38. The van der Waals surface area contributed by atoms with Gasteiger partial charge in [-0.3, -0.25) is 4.90 Å². The summed E-state index contributed by atoms with van der Waals surface area (Å²) in [5, 5.41) is 12.1. The maximum atomic E-state index is 13.3. The van der Waals surface area contributed by atoms with Gasteiger partial charge in [0.25, 0.3) is 0 Å². The van der Waals surface area contributed by atoms with E-state index in [1.807, 2.05) is 60.7 Å². The molecule has 0 aliphatic carbocycles. The number of benzene rings is 3. The first-order chi connectivity index (χ1) is 17.3. The monoisotopic (exact) mass is 489 g/mol. The molecule has 0 spiro atoms. The van der Waals surface area contributed by atoms with Crippen LogP contribution in [0.25, 0.3) is 0 Å². The Morgan fingerprint density at radius 3 is 1.78 bits per heavy atom. The minimum absolute atomic E-state index is 0.227. The predicted octanol–water partition coefficient (Wildman–Crippen LogP) is 6.13. The van der Waals surface area contributed by atoms with E-state index in [1.165, 1.54) is 12.1 Å². The van der Waals surface area contributed by atoms with E-state index >= 15 is 0 Å². The summed E-state index contributed by atoms with van der Waals surface area (Å²) in [5.41, 5.74) is 0.809. The Bertz CT molecular complexity index is 1200. The number of nitrogens with zero attached hydrogens (tertiary/aromatic N) is 1. The molecule has 0 bridgehead atoms. The zero-order valence-electron chi connectivity index (χ0n) is 21.1. The van der Waals surface area contributed by atoms with Gasteiger partial charge in [-0.15, -0.1) is 0 Å². The molecule has 0 atom stereocenters. The summed E-state index contributed by atoms with van der Waals surface area (Å²) in [4.78, 5) is 2.23. The van der Waals surface area contributed by atoms with E-state index in [-0.39, 0.29) is 11.9 Å². The highest BCUT2D eigenvalue weighted by Gasteiger charge is 2.37. The molecule has 0 unspecified atom stereocenters. The van der Waals surface area contributed by atoms with Crippen LogP contribution >= 0.6 is 0 Å². The summed E-state index contributed by atoms with van der Waals surface area (Å²) in [6.45, 7) is 5.41. The summed E-state index contributed by atoms with van der Waals surface area (Å²) in [5.74, 6) is 2.29. The third kappa shape index (κ3) is 5.45. The molecular weight excluding hydrogens is 457 g/mol. The molecule has 3 aromatic carbocycles. The number of hydrogen-bond acceptors (Lipinski definition) is 5. The number of furan rings is 1. The first-order valence-electron chi connectivity index (χ1n) is 11.9. The van der Waals surface area contributed by atoms with Gasteiger partial charge in [0, 0.05) is 12.6 Å². The normalized spacial score (nSPS) is 11.8. The van der Waals surface area contributed by atoms with Gasteiger partial charge >= 0.3 is 0 Å². The second-order valence-electron chi connectivity index (χ2n) is 9.06. The van der Waals surface area contributed by atoms with Gasteiger partial charge in [-0.2, -0.15) is 0 Å². The Labute approximate surface area is 211 Å². The predicted molar refractivity (Wildman–Crippen MR) is 138 cm³/mol. The molecule has 36 heavy (non-hydrogen) atoms. The lowest BCUT2D eigenvalue weighted by Crippen LogP contribution is -2.30. The van der Waals surface area contributed by atoms with Crippen LogP contribution in [0.2, 0.25) is 0 Å². The molecule has 4 aromatic rings. The molecule has 0 saturated carbocycles. The Morgan fingerprint density at radius 2 is 1.31 bits per heavy atom. The average molecular weight is 490 g/mol. The van der Waals surface area contributed by atoms with Crippen molar-refractivity contribution < 1.29 is 23.4 Å². The Kier molecular flexibility index (Phi) is 7.77. The van der Waals surface area contributed by atoms with Gasteiger partial charge < -0.3 is 19.0 Å². The summed E-state index contributed by atoms with van der Waals surface area (Å²) < 4.78 is 30.2. The van der Waals surface area contributed by atoms with Gasteiger partial charge in [0.1, 0.15) is 28.8 Å². The van der Waals surface area contributed by atoms with Crippen molar-refractivity contribution in [2.24, 2.45) is 0 Å². The highest BCUT2D eigenvalue weighted by atomic mass is 19.1. The van der Waals surface area contributed by atoms with Crippen LogP contribution in [0, 0.1) is 5.82 Å². The van der Waals surface area contributed by atoms with Gasteiger partial charge in [0.15, 0.2) is 5.60 Å². The van der Waals surface area contributed by atoms with Gasteiger partial charge in [-0.1, -0.05) is 36.4 Å². The molecule has 1 heterocycles. The van der Waals surface area contributed by atoms with Crippen LogP contribution in [-0.2, 0) is 18.7 Å². The minimum atomic E-state index is -1.52. The molecule has 6 heteroatoms. The second kappa shape index (κ2) is 11.0. The van der Waals surface area contributed by atoms with E-state index in [0.29, 0.717) is 41.5 Å². The molecule has 0 aliphatic heterocycles. The van der Waals surface area contributed by atoms with Crippen molar-refractivity contribution in [3.63, 3.8) is 0 Å². The van der Waals surface area contributed by atoms with E-state index in [4.69, 9.17) is 13.9 Å². The molecule has 5 nitrogen and oxygen atoms in total. The lowest BCUT2D eigenvalue weighted by molar-refractivity contribution is 0.0939. The fourth-order valence-corrected chi connectivity index (χ4v) is 4.22. The third-order valence-corrected chi connectivity index (χ3v) is 6.42. The largest absolute Gasteiger partial charge is 0.497 e. The number of halogens is 1. The van der Waals surface area contributed by atoms with Crippen molar-refractivity contribution in [3.05, 3.63) is 119 Å². The number of methoxy groups -OCH3 is 2. The Balaban J connectivity index is 1.67. The maximum Gasteiger partial charge on any atom is 0.173 e. The van der Waals surface area contributed by atoms with Gasteiger partial charge in [0.05, 0.1) is 20.8 Å². The number of ether oxygens (including phenoxy) is 2. The fraction of sp³-hybridized carbons (Fsp3) is 0.267. The smallest absolute Gasteiger partial charge is 0.173 e. The lowest BCUT2D eigenvalue weighted by atomic mass is 9.84. The van der Waals surface area contributed by atoms with Crippen LogP contribution in [0.5, 0.6) is 11.5 Å². The fourth-order valence-electron chi connectivity index (χ4n) is 4.22. The summed E-state index contributed by atoms with van der Waals surface area (Å²) in [6.07, 6.45) is 0. The Morgan fingerprint density at radius 1 is 0.778 bits per heavy atom. The molecule has 0 radical (unpaired) electrons. The van der Waals surface area contributed by atoms with Gasteiger partial charge in [-0.25, -0.2) is 4.39 Å². The zero-order chi connectivity index (χ0) is 25.7. The van der Waals surface area contributed by atoms with Crippen LogP contribution in [0.15, 0.2) is 89.3 Å². The Hall–Kier alpha value is -3.61. The van der Waals surface area contributed by atoms with Crippen LogP contribution < -0.4 is 9.47 Å². The van der Waals surface area contributed by atoms with Crippen molar-refractivity contribution in [2.75, 3.05) is 14.2 Å². The molecule has 0 fully saturated rings. The zero-order valence-corrected chi connectivity index (χ0v) is 21.1. The number of hydrogen-bond donors (Lipinski definition) is 1. The molecule has 4 rings (SSSR count). The van der Waals surface area contributed by atoms with Crippen molar-refractivity contribution >= 4 is 0 Å². The molecule has 1 aromatic heterocycles. The van der Waals surface area contributed by atoms with Crippen molar-refractivity contribution in [3.8, 4) is 11.5 Å². The van der Waals surface area contributed by atoms with Crippen LogP contribution in [0.4, 0.5) is 4.39 Å². The highest BCUT2D eigenvalue weighted by molar-refractivity contribution is 5.46. The minimum Gasteiger partial charge on any atom is -0.497 e. The SMILES string of the molecule is COc1ccc(C(O)(c2ccc(OC)cc2)c2ccc(CN(Cc3ccc(F)cc3)C(C)C)o2)cc1. The van der Waals surface area contributed by atoms with Gasteiger partial charge in [0.2, 0.25) is 0 Å². The van der Waals surface area contributed by atoms with Crippen molar-refractivity contribution in [1.29, 1.82) is 0 Å². The molecule has 188 valence electrons. The number of aliphatic hydroxyl groups is 1. The molecule has 1 N–H and O–H groups in total. The number of rotatable bonds is 10. The van der Waals surface area contributed by atoms with E-state index in [9.17, 15) is 9.50 Å². The van der Waals surface area contributed by atoms with Crippen LogP contribution in [-0.4, -0.2) is 30.3 Å². The lowest BCUT2D eigenvalue weighted by Gasteiger charge is -2.28. The topological polar surface area (TPSA) is 55.1 Å². The second-order valence-corrected chi connectivity index (χ2v) is 9.06.